The van der Waals surface area contributed by atoms with Crippen molar-refractivity contribution in [3.8, 4) is 11.3 Å². The van der Waals surface area contributed by atoms with E-state index >= 15 is 0 Å². The van der Waals surface area contributed by atoms with Gasteiger partial charge in [0.25, 0.3) is 0 Å². The number of hydrogen-bond donors (Lipinski definition) is 0. The molecule has 1 heteroatoms. The maximum Gasteiger partial charge on any atom is 0.220 e. The summed E-state index contributed by atoms with van der Waals surface area (Å²) < 4.78 is 2.26. The summed E-state index contributed by atoms with van der Waals surface area (Å²) in [6.07, 6.45) is 2.20. The minimum atomic E-state index is 0.517. The molecule has 0 saturated carbocycles. The quantitative estimate of drug-likeness (QED) is 0.530. The zero-order valence-electron chi connectivity index (χ0n) is 15.7. The van der Waals surface area contributed by atoms with E-state index in [2.05, 4.69) is 94.9 Å². The van der Waals surface area contributed by atoms with Crippen LogP contribution in [0.25, 0.3) is 22.0 Å². The van der Waals surface area contributed by atoms with Gasteiger partial charge in [0.1, 0.15) is 7.05 Å². The van der Waals surface area contributed by atoms with E-state index in [1.165, 1.54) is 38.7 Å². The van der Waals surface area contributed by atoms with Gasteiger partial charge in [0, 0.05) is 11.6 Å². The number of benzene rings is 2. The molecule has 0 spiro atoms. The highest BCUT2D eigenvalue weighted by atomic mass is 14.9. The molecule has 0 unspecified atom stereocenters. The Kier molecular flexibility index (Phi) is 4.45. The zero-order valence-corrected chi connectivity index (χ0v) is 15.7. The molecular weight excluding hydrogens is 290 g/mol. The van der Waals surface area contributed by atoms with Crippen LogP contribution >= 0.6 is 0 Å². The molecule has 0 N–H and O–H groups in total. The maximum absolute atomic E-state index is 2.40. The maximum atomic E-state index is 2.40. The van der Waals surface area contributed by atoms with Crippen LogP contribution in [0.3, 0.4) is 0 Å². The number of rotatable bonds is 3. The Morgan fingerprint density at radius 3 is 2.17 bits per heavy atom. The van der Waals surface area contributed by atoms with Gasteiger partial charge in [-0.2, -0.15) is 0 Å². The summed E-state index contributed by atoms with van der Waals surface area (Å²) in [5.41, 5.74) is 6.83. The zero-order chi connectivity index (χ0) is 17.4. The van der Waals surface area contributed by atoms with Gasteiger partial charge in [-0.1, -0.05) is 52.0 Å². The fourth-order valence-corrected chi connectivity index (χ4v) is 3.52. The van der Waals surface area contributed by atoms with Gasteiger partial charge in [0.15, 0.2) is 6.20 Å². The van der Waals surface area contributed by atoms with Crippen LogP contribution in [0.15, 0.2) is 48.7 Å². The highest BCUT2D eigenvalue weighted by molar-refractivity contribution is 5.96. The van der Waals surface area contributed by atoms with Gasteiger partial charge < -0.3 is 0 Å². The summed E-state index contributed by atoms with van der Waals surface area (Å²) in [4.78, 5) is 0. The number of nitrogens with zero attached hydrogens (tertiary/aromatic N) is 1. The smallest absolute Gasteiger partial charge is 0.200 e. The largest absolute Gasteiger partial charge is 0.220 e. The Balaban J connectivity index is 2.45. The van der Waals surface area contributed by atoms with E-state index < -0.39 is 0 Å². The molecule has 0 aliphatic rings. The minimum Gasteiger partial charge on any atom is -0.200 e. The summed E-state index contributed by atoms with van der Waals surface area (Å²) in [6.45, 7) is 11.3. The lowest BCUT2D eigenvalue weighted by atomic mass is 9.88. The highest BCUT2D eigenvalue weighted by Gasteiger charge is 2.20. The van der Waals surface area contributed by atoms with Gasteiger partial charge in [0.2, 0.25) is 5.69 Å². The van der Waals surface area contributed by atoms with Crippen molar-refractivity contribution in [2.45, 2.75) is 46.5 Å². The van der Waals surface area contributed by atoms with Crippen LogP contribution in [0.5, 0.6) is 0 Å². The Morgan fingerprint density at radius 2 is 1.54 bits per heavy atom. The molecule has 0 fully saturated rings. The molecule has 0 amide bonds. The van der Waals surface area contributed by atoms with Gasteiger partial charge in [-0.25, -0.2) is 4.57 Å². The van der Waals surface area contributed by atoms with E-state index in [0.717, 1.165) is 0 Å². The summed E-state index contributed by atoms with van der Waals surface area (Å²) in [5, 5.41) is 2.75. The second-order valence-electron chi connectivity index (χ2n) is 7.47. The summed E-state index contributed by atoms with van der Waals surface area (Å²) >= 11 is 0. The van der Waals surface area contributed by atoms with Crippen LogP contribution in [0, 0.1) is 6.92 Å². The predicted octanol–water partition coefficient (Wildman–Crippen LogP) is 5.89. The van der Waals surface area contributed by atoms with Crippen LogP contribution in [0.1, 0.15) is 56.2 Å². The molecular formula is C23H28N+. The third kappa shape index (κ3) is 2.84. The average molecular weight is 318 g/mol. The average Bonchev–Trinajstić information content (AvgIpc) is 2.54. The van der Waals surface area contributed by atoms with Crippen molar-refractivity contribution < 1.29 is 4.57 Å². The molecule has 0 aliphatic heterocycles. The minimum absolute atomic E-state index is 0.517. The van der Waals surface area contributed by atoms with Crippen LogP contribution < -0.4 is 4.57 Å². The molecule has 1 heterocycles. The van der Waals surface area contributed by atoms with Crippen LogP contribution in [-0.2, 0) is 7.05 Å². The third-order valence-electron chi connectivity index (χ3n) is 5.00. The van der Waals surface area contributed by atoms with Crippen molar-refractivity contribution in [2.75, 3.05) is 0 Å². The molecule has 0 atom stereocenters. The first-order valence-corrected chi connectivity index (χ1v) is 8.92. The van der Waals surface area contributed by atoms with E-state index in [0.29, 0.717) is 11.8 Å². The number of fused-ring (bicyclic) bond motifs is 1. The first-order chi connectivity index (χ1) is 11.4. The van der Waals surface area contributed by atoms with Gasteiger partial charge >= 0.3 is 0 Å². The molecule has 1 nitrogen and oxygen atoms in total. The monoisotopic (exact) mass is 318 g/mol. The third-order valence-corrected chi connectivity index (χ3v) is 5.00. The van der Waals surface area contributed by atoms with Crippen molar-refractivity contribution in [1.29, 1.82) is 0 Å². The number of aryl methyl sites for hydroxylation is 2. The lowest BCUT2D eigenvalue weighted by molar-refractivity contribution is -0.659. The molecule has 3 aromatic rings. The number of aromatic nitrogens is 1. The molecule has 0 aliphatic carbocycles. The van der Waals surface area contributed by atoms with Gasteiger partial charge in [-0.15, -0.1) is 0 Å². The van der Waals surface area contributed by atoms with Crippen molar-refractivity contribution in [3.05, 3.63) is 65.4 Å². The van der Waals surface area contributed by atoms with Gasteiger partial charge in [-0.3, -0.25) is 0 Å². The topological polar surface area (TPSA) is 3.88 Å². The van der Waals surface area contributed by atoms with Crippen LogP contribution in [0.4, 0.5) is 0 Å². The van der Waals surface area contributed by atoms with Crippen LogP contribution in [0.2, 0.25) is 0 Å². The molecule has 24 heavy (non-hydrogen) atoms. The summed E-state index contributed by atoms with van der Waals surface area (Å²) in [6, 6.07) is 15.8. The lowest BCUT2D eigenvalue weighted by Crippen LogP contribution is -2.31. The van der Waals surface area contributed by atoms with Crippen molar-refractivity contribution in [1.82, 2.24) is 0 Å². The second kappa shape index (κ2) is 6.39. The molecule has 0 saturated heterocycles. The number of pyridine rings is 1. The molecule has 0 bridgehead atoms. The molecule has 0 radical (unpaired) electrons. The summed E-state index contributed by atoms with van der Waals surface area (Å²) in [5.74, 6) is 1.05. The second-order valence-corrected chi connectivity index (χ2v) is 7.47. The van der Waals surface area contributed by atoms with Crippen molar-refractivity contribution in [2.24, 2.45) is 7.05 Å². The standard InChI is InChI=1S/C23H28N/c1-15(2)18-13-21(16(3)4)20-11-12-24(6)23(22(20)14-18)19-10-8-7-9-17(19)5/h7-16H,1-6H3/q+1. The Hall–Kier alpha value is -2.15. The van der Waals surface area contributed by atoms with Crippen molar-refractivity contribution in [3.63, 3.8) is 0 Å². The molecule has 2 aromatic carbocycles. The van der Waals surface area contributed by atoms with E-state index in [4.69, 9.17) is 0 Å². The van der Waals surface area contributed by atoms with E-state index in [1.807, 2.05) is 0 Å². The Morgan fingerprint density at radius 1 is 0.833 bits per heavy atom. The fourth-order valence-electron chi connectivity index (χ4n) is 3.52. The normalized spacial score (nSPS) is 11.7. The highest BCUT2D eigenvalue weighted by Crippen LogP contribution is 2.34. The Bertz CT molecular complexity index is 888. The van der Waals surface area contributed by atoms with Crippen molar-refractivity contribution >= 4 is 10.8 Å². The van der Waals surface area contributed by atoms with E-state index in [-0.39, 0.29) is 0 Å². The first kappa shape index (κ1) is 16.7. The fraction of sp³-hybridized carbons (Fsp3) is 0.348. The SMILES string of the molecule is Cc1ccccc1-c1c2cc(C(C)C)cc(C(C)C)c2cc[n+]1C. The lowest BCUT2D eigenvalue weighted by Gasteiger charge is -2.16. The van der Waals surface area contributed by atoms with E-state index in [1.54, 1.807) is 0 Å². The Labute approximate surface area is 146 Å². The van der Waals surface area contributed by atoms with E-state index in [9.17, 15) is 0 Å². The van der Waals surface area contributed by atoms with Gasteiger partial charge in [0.05, 0.1) is 5.39 Å². The first-order valence-electron chi connectivity index (χ1n) is 8.92. The summed E-state index contributed by atoms with van der Waals surface area (Å²) in [7, 11) is 2.15. The molecule has 1 aromatic heterocycles. The molecule has 124 valence electrons. The number of hydrogen-bond acceptors (Lipinski definition) is 0. The predicted molar refractivity (Wildman–Crippen MR) is 103 cm³/mol. The molecule has 3 rings (SSSR count). The van der Waals surface area contributed by atoms with Crippen LogP contribution in [-0.4, -0.2) is 0 Å². The van der Waals surface area contributed by atoms with Gasteiger partial charge in [-0.05, 0) is 53.0 Å².